The first kappa shape index (κ1) is 14.8. The van der Waals surface area contributed by atoms with E-state index < -0.39 is 5.60 Å². The van der Waals surface area contributed by atoms with Crippen LogP contribution in [0.3, 0.4) is 0 Å². The van der Waals surface area contributed by atoms with Crippen LogP contribution in [0.25, 0.3) is 0 Å². The van der Waals surface area contributed by atoms with Crippen molar-refractivity contribution in [1.82, 2.24) is 4.90 Å². The van der Waals surface area contributed by atoms with Crippen LogP contribution >= 0.6 is 0 Å². The van der Waals surface area contributed by atoms with Crippen molar-refractivity contribution in [3.8, 4) is 0 Å². The molecule has 1 rings (SSSR count). The first-order valence-corrected chi connectivity index (χ1v) is 6.64. The molecule has 0 aromatic heterocycles. The summed E-state index contributed by atoms with van der Waals surface area (Å²) in [5.74, 6) is 0. The molecule has 0 N–H and O–H groups in total. The highest BCUT2D eigenvalue weighted by Crippen LogP contribution is 2.23. The predicted octanol–water partition coefficient (Wildman–Crippen LogP) is 4.26. The van der Waals surface area contributed by atoms with Crippen molar-refractivity contribution in [3.63, 3.8) is 0 Å². The zero-order chi connectivity index (χ0) is 13.8. The fraction of sp³-hybridized carbons (Fsp3) is 0.667. The van der Waals surface area contributed by atoms with Crippen molar-refractivity contribution < 1.29 is 9.53 Å². The highest BCUT2D eigenvalue weighted by molar-refractivity contribution is 5.70. The number of amides is 1. The first-order chi connectivity index (χ1) is 8.29. The number of rotatable bonds is 1. The van der Waals surface area contributed by atoms with Crippen LogP contribution in [0, 0.1) is 0 Å². The fourth-order valence-corrected chi connectivity index (χ4v) is 1.82. The summed E-state index contributed by atoms with van der Waals surface area (Å²) < 4.78 is 5.44. The molecular formula is C15H25NO2. The van der Waals surface area contributed by atoms with Gasteiger partial charge in [0.15, 0.2) is 0 Å². The molecule has 1 fully saturated rings. The highest BCUT2D eigenvalue weighted by Gasteiger charge is 2.26. The second-order valence-electron chi connectivity index (χ2n) is 5.99. The molecule has 1 heterocycles. The van der Waals surface area contributed by atoms with Crippen LogP contribution in [0.4, 0.5) is 4.79 Å². The summed E-state index contributed by atoms with van der Waals surface area (Å²) in [4.78, 5) is 13.9. The molecule has 0 unspecified atom stereocenters. The lowest BCUT2D eigenvalue weighted by atomic mass is 10.1. The zero-order valence-electron chi connectivity index (χ0n) is 12.2. The SMILES string of the molecule is CC(C)=C/C=C1\CCCCN1C(=O)OC(C)(C)C. The van der Waals surface area contributed by atoms with Gasteiger partial charge in [0.05, 0.1) is 0 Å². The minimum Gasteiger partial charge on any atom is -0.443 e. The summed E-state index contributed by atoms with van der Waals surface area (Å²) in [7, 11) is 0. The Labute approximate surface area is 110 Å². The molecule has 1 aliphatic heterocycles. The molecule has 0 aliphatic carbocycles. The molecule has 1 amide bonds. The molecule has 0 spiro atoms. The molecule has 0 saturated carbocycles. The van der Waals surface area contributed by atoms with Gasteiger partial charge in [-0.25, -0.2) is 4.79 Å². The summed E-state index contributed by atoms with van der Waals surface area (Å²) in [6.45, 7) is 10.6. The van der Waals surface area contributed by atoms with Crippen molar-refractivity contribution in [2.45, 2.75) is 59.5 Å². The lowest BCUT2D eigenvalue weighted by Gasteiger charge is -2.31. The van der Waals surface area contributed by atoms with Gasteiger partial charge in [-0.15, -0.1) is 0 Å². The third-order valence-corrected chi connectivity index (χ3v) is 2.63. The molecule has 0 aromatic rings. The minimum atomic E-state index is -0.434. The number of hydrogen-bond acceptors (Lipinski definition) is 2. The van der Waals surface area contributed by atoms with Gasteiger partial charge in [-0.05, 0) is 60.0 Å². The van der Waals surface area contributed by atoms with E-state index >= 15 is 0 Å². The average molecular weight is 251 g/mol. The van der Waals surface area contributed by atoms with Gasteiger partial charge in [-0.1, -0.05) is 11.6 Å². The largest absolute Gasteiger partial charge is 0.443 e. The van der Waals surface area contributed by atoms with Crippen molar-refractivity contribution in [2.24, 2.45) is 0 Å². The van der Waals surface area contributed by atoms with E-state index in [9.17, 15) is 4.79 Å². The molecule has 1 aliphatic rings. The summed E-state index contributed by atoms with van der Waals surface area (Å²) in [6.07, 6.45) is 7.00. The number of carbonyl (C=O) groups is 1. The van der Waals surface area contributed by atoms with E-state index in [-0.39, 0.29) is 6.09 Å². The van der Waals surface area contributed by atoms with Crippen LogP contribution < -0.4 is 0 Å². The minimum absolute atomic E-state index is 0.226. The standard InChI is InChI=1S/C15H25NO2/c1-12(2)9-10-13-8-6-7-11-16(13)14(17)18-15(3,4)5/h9-10H,6-8,11H2,1-5H3/b13-10+. The third-order valence-electron chi connectivity index (χ3n) is 2.63. The molecule has 18 heavy (non-hydrogen) atoms. The Morgan fingerprint density at radius 1 is 1.28 bits per heavy atom. The monoisotopic (exact) mass is 251 g/mol. The summed E-state index contributed by atoms with van der Waals surface area (Å²) >= 11 is 0. The second kappa shape index (κ2) is 6.07. The maximum absolute atomic E-state index is 12.1. The summed E-state index contributed by atoms with van der Waals surface area (Å²) in [5, 5.41) is 0. The van der Waals surface area contributed by atoms with E-state index in [0.29, 0.717) is 0 Å². The van der Waals surface area contributed by atoms with Crippen molar-refractivity contribution in [1.29, 1.82) is 0 Å². The Balaban J connectivity index is 2.80. The van der Waals surface area contributed by atoms with Crippen LogP contribution in [0.2, 0.25) is 0 Å². The number of nitrogens with zero attached hydrogens (tertiary/aromatic N) is 1. The van der Waals surface area contributed by atoms with E-state index in [1.807, 2.05) is 26.8 Å². The molecule has 3 nitrogen and oxygen atoms in total. The Morgan fingerprint density at radius 3 is 2.50 bits per heavy atom. The van der Waals surface area contributed by atoms with E-state index in [4.69, 9.17) is 4.74 Å². The smallest absolute Gasteiger partial charge is 0.414 e. The number of allylic oxidation sites excluding steroid dienone is 4. The summed E-state index contributed by atoms with van der Waals surface area (Å²) in [6, 6.07) is 0. The molecule has 0 radical (unpaired) electrons. The highest BCUT2D eigenvalue weighted by atomic mass is 16.6. The Morgan fingerprint density at radius 2 is 1.94 bits per heavy atom. The molecule has 0 bridgehead atoms. The van der Waals surface area contributed by atoms with Crippen LogP contribution in [-0.2, 0) is 4.74 Å². The van der Waals surface area contributed by atoms with Gasteiger partial charge in [-0.3, -0.25) is 4.90 Å². The topological polar surface area (TPSA) is 29.5 Å². The number of likely N-dealkylation sites (tertiary alicyclic amines) is 1. The number of ether oxygens (including phenoxy) is 1. The number of piperidine rings is 1. The maximum atomic E-state index is 12.1. The van der Waals surface area contributed by atoms with Gasteiger partial charge >= 0.3 is 6.09 Å². The van der Waals surface area contributed by atoms with Crippen LogP contribution in [0.1, 0.15) is 53.9 Å². The number of carbonyl (C=O) groups excluding carboxylic acids is 1. The molecule has 1 saturated heterocycles. The van der Waals surface area contributed by atoms with Gasteiger partial charge in [0.25, 0.3) is 0 Å². The van der Waals surface area contributed by atoms with Crippen LogP contribution in [-0.4, -0.2) is 23.1 Å². The van der Waals surface area contributed by atoms with Crippen molar-refractivity contribution >= 4 is 6.09 Å². The fourth-order valence-electron chi connectivity index (χ4n) is 1.82. The Bertz CT molecular complexity index is 357. The molecule has 3 heteroatoms. The zero-order valence-corrected chi connectivity index (χ0v) is 12.2. The van der Waals surface area contributed by atoms with Gasteiger partial charge in [0.2, 0.25) is 0 Å². The van der Waals surface area contributed by atoms with Gasteiger partial charge in [0.1, 0.15) is 5.60 Å². The number of hydrogen-bond donors (Lipinski definition) is 0. The first-order valence-electron chi connectivity index (χ1n) is 6.64. The normalized spacial score (nSPS) is 18.7. The molecule has 102 valence electrons. The Hall–Kier alpha value is -1.25. The van der Waals surface area contributed by atoms with Crippen LogP contribution in [0.15, 0.2) is 23.4 Å². The van der Waals surface area contributed by atoms with E-state index in [1.54, 1.807) is 4.90 Å². The van der Waals surface area contributed by atoms with E-state index in [2.05, 4.69) is 19.9 Å². The van der Waals surface area contributed by atoms with Gasteiger partial charge < -0.3 is 4.74 Å². The van der Waals surface area contributed by atoms with Crippen LogP contribution in [0.5, 0.6) is 0 Å². The van der Waals surface area contributed by atoms with E-state index in [1.165, 1.54) is 5.57 Å². The Kier molecular flexibility index (Phi) is 5.00. The maximum Gasteiger partial charge on any atom is 0.414 e. The van der Waals surface area contributed by atoms with Gasteiger partial charge in [0, 0.05) is 12.2 Å². The average Bonchev–Trinajstić information content (AvgIpc) is 2.24. The third kappa shape index (κ3) is 4.94. The summed E-state index contributed by atoms with van der Waals surface area (Å²) in [5.41, 5.74) is 1.87. The lowest BCUT2D eigenvalue weighted by Crippen LogP contribution is -2.38. The molecular weight excluding hydrogens is 226 g/mol. The lowest BCUT2D eigenvalue weighted by molar-refractivity contribution is 0.0286. The van der Waals surface area contributed by atoms with E-state index in [0.717, 1.165) is 31.5 Å². The quantitative estimate of drug-likeness (QED) is 0.697. The van der Waals surface area contributed by atoms with Gasteiger partial charge in [-0.2, -0.15) is 0 Å². The second-order valence-corrected chi connectivity index (χ2v) is 5.99. The predicted molar refractivity (Wildman–Crippen MR) is 74.3 cm³/mol. The van der Waals surface area contributed by atoms with Crippen molar-refractivity contribution in [2.75, 3.05) is 6.54 Å². The molecule has 0 aromatic carbocycles. The molecule has 0 atom stereocenters. The van der Waals surface area contributed by atoms with Crippen molar-refractivity contribution in [3.05, 3.63) is 23.4 Å².